The molecule has 1 aromatic carbocycles. The summed E-state index contributed by atoms with van der Waals surface area (Å²) in [4.78, 5) is 3.58. The Balaban J connectivity index is 2.12. The Morgan fingerprint density at radius 1 is 1.32 bits per heavy atom. The number of rotatable bonds is 5. The molecule has 0 fully saturated rings. The zero-order valence-corrected chi connectivity index (χ0v) is 12.1. The van der Waals surface area contributed by atoms with E-state index in [1.807, 2.05) is 6.07 Å². The highest BCUT2D eigenvalue weighted by Gasteiger charge is 2.14. The number of hydrogen-bond donors (Lipinski definition) is 1. The molecule has 2 rings (SSSR count). The van der Waals surface area contributed by atoms with Crippen LogP contribution in [-0.2, 0) is 13.1 Å². The van der Waals surface area contributed by atoms with Crippen LogP contribution in [0.3, 0.4) is 0 Å². The van der Waals surface area contributed by atoms with E-state index >= 15 is 0 Å². The SMILES string of the molecule is CC(c1cccs1)N(C)Cc1ccc(F)cc1CN. The zero-order valence-electron chi connectivity index (χ0n) is 11.3. The first-order chi connectivity index (χ1) is 9.11. The Hall–Kier alpha value is -1.23. The Bertz CT molecular complexity index is 525. The molecule has 19 heavy (non-hydrogen) atoms. The Kier molecular flexibility index (Phi) is 4.69. The topological polar surface area (TPSA) is 29.3 Å². The van der Waals surface area contributed by atoms with Crippen LogP contribution >= 0.6 is 11.3 Å². The van der Waals surface area contributed by atoms with Gasteiger partial charge in [0.2, 0.25) is 0 Å². The molecule has 0 amide bonds. The van der Waals surface area contributed by atoms with Crippen LogP contribution < -0.4 is 5.73 Å². The van der Waals surface area contributed by atoms with Crippen molar-refractivity contribution in [1.82, 2.24) is 4.90 Å². The minimum atomic E-state index is -0.224. The van der Waals surface area contributed by atoms with Crippen molar-refractivity contribution in [3.8, 4) is 0 Å². The van der Waals surface area contributed by atoms with Gasteiger partial charge in [0.05, 0.1) is 0 Å². The van der Waals surface area contributed by atoms with Gasteiger partial charge in [0, 0.05) is 24.0 Å². The second-order valence-electron chi connectivity index (χ2n) is 4.72. The molecule has 1 unspecified atom stereocenters. The smallest absolute Gasteiger partial charge is 0.123 e. The van der Waals surface area contributed by atoms with Gasteiger partial charge in [-0.1, -0.05) is 12.1 Å². The van der Waals surface area contributed by atoms with Crippen LogP contribution in [-0.4, -0.2) is 11.9 Å². The van der Waals surface area contributed by atoms with Crippen molar-refractivity contribution < 1.29 is 4.39 Å². The van der Waals surface area contributed by atoms with Crippen molar-refractivity contribution in [1.29, 1.82) is 0 Å². The maximum Gasteiger partial charge on any atom is 0.123 e. The summed E-state index contributed by atoms with van der Waals surface area (Å²) in [6.45, 7) is 3.32. The Labute approximate surface area is 117 Å². The van der Waals surface area contributed by atoms with E-state index in [-0.39, 0.29) is 5.82 Å². The third-order valence-corrected chi connectivity index (χ3v) is 4.47. The monoisotopic (exact) mass is 278 g/mol. The van der Waals surface area contributed by atoms with Crippen LogP contribution in [0.25, 0.3) is 0 Å². The average molecular weight is 278 g/mol. The maximum atomic E-state index is 13.2. The van der Waals surface area contributed by atoms with Crippen LogP contribution in [0.2, 0.25) is 0 Å². The predicted octanol–water partition coefficient (Wildman–Crippen LogP) is 3.54. The molecule has 1 heterocycles. The highest BCUT2D eigenvalue weighted by atomic mass is 32.1. The van der Waals surface area contributed by atoms with Crippen molar-refractivity contribution in [3.63, 3.8) is 0 Å². The van der Waals surface area contributed by atoms with Crippen molar-refractivity contribution in [3.05, 3.63) is 57.5 Å². The van der Waals surface area contributed by atoms with Crippen molar-refractivity contribution in [2.24, 2.45) is 5.73 Å². The van der Waals surface area contributed by atoms with Gasteiger partial charge < -0.3 is 5.73 Å². The molecule has 4 heteroatoms. The molecule has 2 nitrogen and oxygen atoms in total. The molecule has 0 bridgehead atoms. The van der Waals surface area contributed by atoms with Gasteiger partial charge in [-0.2, -0.15) is 0 Å². The molecular formula is C15H19FN2S. The van der Waals surface area contributed by atoms with Gasteiger partial charge in [-0.15, -0.1) is 11.3 Å². The molecule has 0 saturated heterocycles. The molecule has 0 saturated carbocycles. The molecule has 1 atom stereocenters. The van der Waals surface area contributed by atoms with E-state index in [1.54, 1.807) is 11.3 Å². The lowest BCUT2D eigenvalue weighted by Crippen LogP contribution is -2.22. The van der Waals surface area contributed by atoms with E-state index in [9.17, 15) is 4.39 Å². The minimum Gasteiger partial charge on any atom is -0.326 e. The van der Waals surface area contributed by atoms with Crippen LogP contribution in [0.4, 0.5) is 4.39 Å². The van der Waals surface area contributed by atoms with Crippen molar-refractivity contribution in [2.75, 3.05) is 7.05 Å². The molecular weight excluding hydrogens is 259 g/mol. The molecule has 0 aliphatic heterocycles. The highest BCUT2D eigenvalue weighted by molar-refractivity contribution is 7.10. The van der Waals surface area contributed by atoms with E-state index < -0.39 is 0 Å². The van der Waals surface area contributed by atoms with E-state index in [0.29, 0.717) is 12.6 Å². The first-order valence-electron chi connectivity index (χ1n) is 6.33. The van der Waals surface area contributed by atoms with Gasteiger partial charge in [0.15, 0.2) is 0 Å². The summed E-state index contributed by atoms with van der Waals surface area (Å²) in [6, 6.07) is 9.40. The molecule has 0 aliphatic rings. The van der Waals surface area contributed by atoms with Crippen LogP contribution in [0.1, 0.15) is 29.0 Å². The fourth-order valence-electron chi connectivity index (χ4n) is 2.09. The fourth-order valence-corrected chi connectivity index (χ4v) is 2.94. The summed E-state index contributed by atoms with van der Waals surface area (Å²) in [7, 11) is 2.08. The van der Waals surface area contributed by atoms with Crippen molar-refractivity contribution in [2.45, 2.75) is 26.1 Å². The molecule has 0 aliphatic carbocycles. The van der Waals surface area contributed by atoms with E-state index in [2.05, 4.69) is 36.4 Å². The van der Waals surface area contributed by atoms with Crippen molar-refractivity contribution >= 4 is 11.3 Å². The third kappa shape index (κ3) is 3.41. The molecule has 2 aromatic rings. The van der Waals surface area contributed by atoms with Gasteiger partial charge in [-0.25, -0.2) is 4.39 Å². The van der Waals surface area contributed by atoms with Gasteiger partial charge in [-0.3, -0.25) is 4.90 Å². The second kappa shape index (κ2) is 6.28. The normalized spacial score (nSPS) is 12.9. The van der Waals surface area contributed by atoms with Crippen LogP contribution in [0.5, 0.6) is 0 Å². The quantitative estimate of drug-likeness (QED) is 0.906. The summed E-state index contributed by atoms with van der Waals surface area (Å²) in [5.41, 5.74) is 7.66. The second-order valence-corrected chi connectivity index (χ2v) is 5.70. The molecule has 1 aromatic heterocycles. The molecule has 0 radical (unpaired) electrons. The number of benzene rings is 1. The summed E-state index contributed by atoms with van der Waals surface area (Å²) in [6.07, 6.45) is 0. The number of nitrogens with two attached hydrogens (primary N) is 1. The van der Waals surface area contributed by atoms with Gasteiger partial charge in [0.25, 0.3) is 0 Å². The molecule has 0 spiro atoms. The Morgan fingerprint density at radius 3 is 2.74 bits per heavy atom. The largest absolute Gasteiger partial charge is 0.326 e. The fraction of sp³-hybridized carbons (Fsp3) is 0.333. The zero-order chi connectivity index (χ0) is 13.8. The minimum absolute atomic E-state index is 0.224. The number of hydrogen-bond acceptors (Lipinski definition) is 3. The first-order valence-corrected chi connectivity index (χ1v) is 7.20. The predicted molar refractivity (Wildman–Crippen MR) is 78.5 cm³/mol. The number of thiophene rings is 1. The molecule has 2 N–H and O–H groups in total. The maximum absolute atomic E-state index is 13.2. The summed E-state index contributed by atoms with van der Waals surface area (Å²) in [5, 5.41) is 2.09. The lowest BCUT2D eigenvalue weighted by Gasteiger charge is -2.25. The van der Waals surface area contributed by atoms with Gasteiger partial charge in [-0.05, 0) is 48.7 Å². The number of nitrogens with zero attached hydrogens (tertiary/aromatic N) is 1. The number of halogens is 1. The average Bonchev–Trinajstić information content (AvgIpc) is 2.93. The third-order valence-electron chi connectivity index (χ3n) is 3.42. The van der Waals surface area contributed by atoms with E-state index in [0.717, 1.165) is 17.7 Å². The highest BCUT2D eigenvalue weighted by Crippen LogP contribution is 2.25. The van der Waals surface area contributed by atoms with Crippen LogP contribution in [0, 0.1) is 5.82 Å². The first kappa shape index (κ1) is 14.2. The van der Waals surface area contributed by atoms with Gasteiger partial charge >= 0.3 is 0 Å². The summed E-state index contributed by atoms with van der Waals surface area (Å²) < 4.78 is 13.2. The van der Waals surface area contributed by atoms with Crippen LogP contribution in [0.15, 0.2) is 35.7 Å². The summed E-state index contributed by atoms with van der Waals surface area (Å²) in [5.74, 6) is -0.224. The van der Waals surface area contributed by atoms with E-state index in [4.69, 9.17) is 5.73 Å². The van der Waals surface area contributed by atoms with Gasteiger partial charge in [0.1, 0.15) is 5.82 Å². The van der Waals surface area contributed by atoms with E-state index in [1.165, 1.54) is 17.0 Å². The lowest BCUT2D eigenvalue weighted by atomic mass is 10.1. The Morgan fingerprint density at radius 2 is 2.11 bits per heavy atom. The standard InChI is InChI=1S/C15H19FN2S/c1-11(15-4-3-7-19-15)18(2)10-12-5-6-14(16)8-13(12)9-17/h3-8,11H,9-10,17H2,1-2H3. The summed E-state index contributed by atoms with van der Waals surface area (Å²) >= 11 is 1.76. The lowest BCUT2D eigenvalue weighted by molar-refractivity contribution is 0.255. The molecule has 102 valence electrons.